The Kier molecular flexibility index (Phi) is 5.51. The van der Waals surface area contributed by atoms with E-state index in [9.17, 15) is 17.9 Å². The van der Waals surface area contributed by atoms with Crippen molar-refractivity contribution in [2.75, 3.05) is 12.8 Å². The summed E-state index contributed by atoms with van der Waals surface area (Å²) in [5, 5.41) is 13.2. The third kappa shape index (κ3) is 4.60. The molecule has 2 unspecified atom stereocenters. The summed E-state index contributed by atoms with van der Waals surface area (Å²) < 4.78 is 36.5. The van der Waals surface area contributed by atoms with Gasteiger partial charge < -0.3 is 10.4 Å². The van der Waals surface area contributed by atoms with Crippen LogP contribution in [0.25, 0.3) is 0 Å². The molecule has 0 amide bonds. The Labute approximate surface area is 135 Å². The van der Waals surface area contributed by atoms with Crippen molar-refractivity contribution in [3.8, 4) is 0 Å². The van der Waals surface area contributed by atoms with Crippen molar-refractivity contribution in [3.05, 3.63) is 65.5 Å². The average Bonchev–Trinajstić information content (AvgIpc) is 2.52. The molecule has 2 aromatic rings. The first-order valence-corrected chi connectivity index (χ1v) is 9.14. The fraction of sp³-hybridized carbons (Fsp3) is 0.294. The number of hydrogen-bond acceptors (Lipinski definition) is 4. The number of aliphatic hydroxyl groups excluding tert-OH is 1. The first kappa shape index (κ1) is 17.6. The molecule has 0 aliphatic rings. The van der Waals surface area contributed by atoms with E-state index in [0.717, 1.165) is 11.8 Å². The van der Waals surface area contributed by atoms with Crippen molar-refractivity contribution in [2.45, 2.75) is 24.0 Å². The molecule has 0 saturated carbocycles. The molecule has 0 radical (unpaired) electrons. The van der Waals surface area contributed by atoms with E-state index in [4.69, 9.17) is 0 Å². The second-order valence-electron chi connectivity index (χ2n) is 5.51. The number of sulfone groups is 1. The highest BCUT2D eigenvalue weighted by molar-refractivity contribution is 7.90. The van der Waals surface area contributed by atoms with Crippen LogP contribution in [-0.4, -0.2) is 26.3 Å². The number of nitrogens with one attached hydrogen (secondary N) is 1. The maximum absolute atomic E-state index is 13.6. The normalized spacial score (nSPS) is 14.4. The lowest BCUT2D eigenvalue weighted by atomic mass is 10.1. The van der Waals surface area contributed by atoms with Crippen LogP contribution >= 0.6 is 0 Å². The van der Waals surface area contributed by atoms with Crippen molar-refractivity contribution in [3.63, 3.8) is 0 Å². The molecule has 0 spiro atoms. The predicted octanol–water partition coefficient (Wildman–Crippen LogP) is 2.61. The second-order valence-corrected chi connectivity index (χ2v) is 7.52. The van der Waals surface area contributed by atoms with Gasteiger partial charge in [-0.3, -0.25) is 0 Å². The highest BCUT2D eigenvalue weighted by Crippen LogP contribution is 2.19. The molecule has 2 N–H and O–H groups in total. The van der Waals surface area contributed by atoms with Crippen LogP contribution in [0, 0.1) is 5.82 Å². The van der Waals surface area contributed by atoms with E-state index < -0.39 is 21.8 Å². The largest absolute Gasteiger partial charge is 0.387 e. The van der Waals surface area contributed by atoms with Gasteiger partial charge in [-0.1, -0.05) is 30.3 Å². The van der Waals surface area contributed by atoms with E-state index in [0.29, 0.717) is 0 Å². The molecule has 0 heterocycles. The summed E-state index contributed by atoms with van der Waals surface area (Å²) in [4.78, 5) is 0.264. The lowest BCUT2D eigenvalue weighted by Gasteiger charge is -2.18. The van der Waals surface area contributed by atoms with E-state index in [1.54, 1.807) is 42.5 Å². The number of benzene rings is 2. The van der Waals surface area contributed by atoms with Crippen LogP contribution in [0.5, 0.6) is 0 Å². The molecule has 0 aromatic heterocycles. The number of hydrogen-bond donors (Lipinski definition) is 2. The van der Waals surface area contributed by atoms with Gasteiger partial charge in [-0.25, -0.2) is 12.8 Å². The van der Waals surface area contributed by atoms with Crippen LogP contribution in [-0.2, 0) is 9.84 Å². The van der Waals surface area contributed by atoms with Gasteiger partial charge in [0, 0.05) is 24.4 Å². The molecule has 2 rings (SSSR count). The minimum absolute atomic E-state index is 0.106. The van der Waals surface area contributed by atoms with Crippen LogP contribution in [0.4, 0.5) is 4.39 Å². The molecule has 6 heteroatoms. The molecule has 0 aliphatic heterocycles. The molecule has 2 aromatic carbocycles. The predicted molar refractivity (Wildman–Crippen MR) is 87.3 cm³/mol. The van der Waals surface area contributed by atoms with Crippen molar-refractivity contribution in [1.82, 2.24) is 5.32 Å². The Hall–Kier alpha value is -1.76. The molecule has 0 saturated heterocycles. The summed E-state index contributed by atoms with van der Waals surface area (Å²) in [6.07, 6.45) is 0.211. The van der Waals surface area contributed by atoms with Crippen LogP contribution in [0.1, 0.15) is 30.2 Å². The van der Waals surface area contributed by atoms with Crippen LogP contribution in [0.2, 0.25) is 0 Å². The maximum atomic E-state index is 13.6. The summed E-state index contributed by atoms with van der Waals surface area (Å²) in [6.45, 7) is 2.08. The van der Waals surface area contributed by atoms with Gasteiger partial charge in [0.2, 0.25) is 0 Å². The van der Waals surface area contributed by atoms with E-state index in [1.807, 2.05) is 6.92 Å². The van der Waals surface area contributed by atoms with Gasteiger partial charge >= 0.3 is 0 Å². The summed E-state index contributed by atoms with van der Waals surface area (Å²) >= 11 is 0. The minimum Gasteiger partial charge on any atom is -0.387 e. The lowest BCUT2D eigenvalue weighted by Crippen LogP contribution is -2.25. The molecule has 124 valence electrons. The van der Waals surface area contributed by atoms with Crippen LogP contribution < -0.4 is 5.32 Å². The first-order valence-electron chi connectivity index (χ1n) is 7.25. The quantitative estimate of drug-likeness (QED) is 0.850. The van der Waals surface area contributed by atoms with Crippen LogP contribution in [0.3, 0.4) is 0 Å². The van der Waals surface area contributed by atoms with Crippen LogP contribution in [0.15, 0.2) is 53.4 Å². The van der Waals surface area contributed by atoms with Crippen molar-refractivity contribution in [1.29, 1.82) is 0 Å². The molecule has 4 nitrogen and oxygen atoms in total. The molecule has 0 bridgehead atoms. The maximum Gasteiger partial charge on any atom is 0.175 e. The third-order valence-corrected chi connectivity index (χ3v) is 4.82. The van der Waals surface area contributed by atoms with Gasteiger partial charge in [0.25, 0.3) is 0 Å². The smallest absolute Gasteiger partial charge is 0.175 e. The van der Waals surface area contributed by atoms with Gasteiger partial charge in [-0.2, -0.15) is 0 Å². The highest BCUT2D eigenvalue weighted by Gasteiger charge is 2.14. The van der Waals surface area contributed by atoms with E-state index in [-0.39, 0.29) is 23.0 Å². The van der Waals surface area contributed by atoms with E-state index in [2.05, 4.69) is 5.32 Å². The Bertz CT molecular complexity index is 760. The summed E-state index contributed by atoms with van der Waals surface area (Å²) in [5.41, 5.74) is 1.14. The zero-order valence-corrected chi connectivity index (χ0v) is 13.8. The van der Waals surface area contributed by atoms with Gasteiger partial charge in [-0.05, 0) is 30.7 Å². The molecule has 23 heavy (non-hydrogen) atoms. The molecule has 0 aliphatic carbocycles. The fourth-order valence-electron chi connectivity index (χ4n) is 2.27. The van der Waals surface area contributed by atoms with Gasteiger partial charge in [0.05, 0.1) is 11.0 Å². The van der Waals surface area contributed by atoms with E-state index in [1.165, 1.54) is 6.07 Å². The average molecular weight is 337 g/mol. The summed E-state index contributed by atoms with van der Waals surface area (Å²) in [6, 6.07) is 12.6. The number of aliphatic hydroxyl groups is 1. The topological polar surface area (TPSA) is 66.4 Å². The van der Waals surface area contributed by atoms with Gasteiger partial charge in [0.15, 0.2) is 9.84 Å². The SMILES string of the molecule is CC(NCC(O)c1ccccc1F)c1ccc(S(C)(=O)=O)cc1. The lowest BCUT2D eigenvalue weighted by molar-refractivity contribution is 0.166. The molecule has 2 atom stereocenters. The van der Waals surface area contributed by atoms with Gasteiger partial charge in [0.1, 0.15) is 5.82 Å². The zero-order chi connectivity index (χ0) is 17.0. The number of halogens is 1. The first-order chi connectivity index (χ1) is 10.8. The Morgan fingerprint density at radius 1 is 1.13 bits per heavy atom. The molecule has 0 fully saturated rings. The third-order valence-electron chi connectivity index (χ3n) is 3.69. The minimum atomic E-state index is -3.21. The standard InChI is InChI=1S/C17H20FNO3S/c1-12(13-7-9-14(10-8-13)23(2,21)22)19-11-17(20)15-5-3-4-6-16(15)18/h3-10,12,17,19-20H,11H2,1-2H3. The molecular weight excluding hydrogens is 317 g/mol. The fourth-order valence-corrected chi connectivity index (χ4v) is 2.90. The summed E-state index contributed by atoms with van der Waals surface area (Å²) in [7, 11) is -3.21. The monoisotopic (exact) mass is 337 g/mol. The van der Waals surface area contributed by atoms with Crippen molar-refractivity contribution < 1.29 is 17.9 Å². The Morgan fingerprint density at radius 2 is 1.74 bits per heavy atom. The summed E-state index contributed by atoms with van der Waals surface area (Å²) in [5.74, 6) is -0.438. The highest BCUT2D eigenvalue weighted by atomic mass is 32.2. The second kappa shape index (κ2) is 7.21. The van der Waals surface area contributed by atoms with Crippen molar-refractivity contribution in [2.24, 2.45) is 0 Å². The number of rotatable bonds is 6. The van der Waals surface area contributed by atoms with E-state index >= 15 is 0 Å². The Balaban J connectivity index is 1.99. The van der Waals surface area contributed by atoms with Crippen molar-refractivity contribution >= 4 is 9.84 Å². The van der Waals surface area contributed by atoms with Gasteiger partial charge in [-0.15, -0.1) is 0 Å². The zero-order valence-electron chi connectivity index (χ0n) is 13.0. The molecular formula is C17H20FNO3S. The Morgan fingerprint density at radius 3 is 2.30 bits per heavy atom.